The van der Waals surface area contributed by atoms with Crippen molar-refractivity contribution in [2.45, 2.75) is 30.2 Å². The fourth-order valence-corrected chi connectivity index (χ4v) is 4.74. The smallest absolute Gasteiger partial charge is 0.223 e. The molecule has 2 aliphatic heterocycles. The van der Waals surface area contributed by atoms with E-state index >= 15 is 0 Å². The number of nitrogens with one attached hydrogen (secondary N) is 2. The molecule has 2 heterocycles. The van der Waals surface area contributed by atoms with Gasteiger partial charge in [-0.3, -0.25) is 4.79 Å². The topological polar surface area (TPSA) is 75.3 Å². The van der Waals surface area contributed by atoms with Gasteiger partial charge in [0.1, 0.15) is 5.82 Å². The number of piperidine rings is 1. The SMILES string of the molecule is O=C(NC1CCS(=O)(=O)c2ccc(F)cc21)C1CCNCC1. The van der Waals surface area contributed by atoms with E-state index in [9.17, 15) is 17.6 Å². The lowest BCUT2D eigenvalue weighted by Crippen LogP contribution is -2.41. The lowest BCUT2D eigenvalue weighted by Gasteiger charge is -2.29. The minimum Gasteiger partial charge on any atom is -0.349 e. The molecule has 1 saturated heterocycles. The molecule has 1 aromatic carbocycles. The number of carbonyl (C=O) groups excluding carboxylic acids is 1. The average molecular weight is 326 g/mol. The minimum atomic E-state index is -3.38. The molecule has 1 fully saturated rings. The highest BCUT2D eigenvalue weighted by molar-refractivity contribution is 7.91. The van der Waals surface area contributed by atoms with Crippen LogP contribution in [-0.4, -0.2) is 33.2 Å². The van der Waals surface area contributed by atoms with Crippen LogP contribution in [-0.2, 0) is 14.6 Å². The molecule has 1 unspecified atom stereocenters. The summed E-state index contributed by atoms with van der Waals surface area (Å²) in [5, 5.41) is 6.11. The van der Waals surface area contributed by atoms with E-state index in [1.165, 1.54) is 12.1 Å². The molecule has 3 rings (SSSR count). The number of benzene rings is 1. The van der Waals surface area contributed by atoms with Gasteiger partial charge in [0.05, 0.1) is 16.7 Å². The first-order valence-electron chi connectivity index (χ1n) is 7.51. The van der Waals surface area contributed by atoms with Gasteiger partial charge in [-0.1, -0.05) is 0 Å². The number of hydrogen-bond donors (Lipinski definition) is 2. The lowest BCUT2D eigenvalue weighted by atomic mass is 9.95. The molecule has 0 aromatic heterocycles. The van der Waals surface area contributed by atoms with Crippen LogP contribution in [0.4, 0.5) is 4.39 Å². The van der Waals surface area contributed by atoms with E-state index in [0.717, 1.165) is 32.0 Å². The van der Waals surface area contributed by atoms with E-state index in [0.29, 0.717) is 5.56 Å². The van der Waals surface area contributed by atoms with Gasteiger partial charge >= 0.3 is 0 Å². The fourth-order valence-electron chi connectivity index (χ4n) is 3.14. The Morgan fingerprint density at radius 3 is 2.68 bits per heavy atom. The molecule has 120 valence electrons. The summed E-state index contributed by atoms with van der Waals surface area (Å²) in [6.45, 7) is 1.62. The average Bonchev–Trinajstić information content (AvgIpc) is 2.51. The Morgan fingerprint density at radius 2 is 1.95 bits per heavy atom. The van der Waals surface area contributed by atoms with Crippen LogP contribution >= 0.6 is 0 Å². The number of amides is 1. The molecule has 7 heteroatoms. The van der Waals surface area contributed by atoms with Crippen molar-refractivity contribution in [2.75, 3.05) is 18.8 Å². The van der Waals surface area contributed by atoms with Gasteiger partial charge in [-0.25, -0.2) is 12.8 Å². The van der Waals surface area contributed by atoms with Crippen molar-refractivity contribution in [3.63, 3.8) is 0 Å². The third kappa shape index (κ3) is 3.01. The zero-order valence-corrected chi connectivity index (χ0v) is 13.0. The Hall–Kier alpha value is -1.47. The second-order valence-electron chi connectivity index (χ2n) is 5.88. The van der Waals surface area contributed by atoms with E-state index in [4.69, 9.17) is 0 Å². The molecule has 22 heavy (non-hydrogen) atoms. The van der Waals surface area contributed by atoms with Crippen LogP contribution in [0, 0.1) is 11.7 Å². The summed E-state index contributed by atoms with van der Waals surface area (Å²) in [5.74, 6) is -0.641. The molecular weight excluding hydrogens is 307 g/mol. The number of halogens is 1. The maximum absolute atomic E-state index is 13.5. The summed E-state index contributed by atoms with van der Waals surface area (Å²) in [5.41, 5.74) is 0.369. The van der Waals surface area contributed by atoms with Gasteiger partial charge in [0.2, 0.25) is 5.91 Å². The van der Waals surface area contributed by atoms with Crippen LogP contribution in [0.25, 0.3) is 0 Å². The molecule has 0 aliphatic carbocycles. The van der Waals surface area contributed by atoms with E-state index in [1.54, 1.807) is 0 Å². The van der Waals surface area contributed by atoms with Gasteiger partial charge in [0.25, 0.3) is 0 Å². The highest BCUT2D eigenvalue weighted by Crippen LogP contribution is 2.33. The predicted octanol–water partition coefficient (Wildman–Crippen LogP) is 1.16. The maximum Gasteiger partial charge on any atom is 0.223 e. The van der Waals surface area contributed by atoms with Gasteiger partial charge in [-0.2, -0.15) is 0 Å². The molecule has 0 spiro atoms. The van der Waals surface area contributed by atoms with Crippen LogP contribution in [0.15, 0.2) is 23.1 Å². The quantitative estimate of drug-likeness (QED) is 0.800. The molecule has 2 aliphatic rings. The highest BCUT2D eigenvalue weighted by atomic mass is 32.2. The fraction of sp³-hybridized carbons (Fsp3) is 0.533. The zero-order valence-electron chi connectivity index (χ0n) is 12.1. The van der Waals surface area contributed by atoms with Crippen LogP contribution in [0.3, 0.4) is 0 Å². The molecule has 1 atom stereocenters. The van der Waals surface area contributed by atoms with E-state index in [1.807, 2.05) is 0 Å². The van der Waals surface area contributed by atoms with Gasteiger partial charge in [0, 0.05) is 5.92 Å². The molecule has 5 nitrogen and oxygen atoms in total. The van der Waals surface area contributed by atoms with Gasteiger partial charge in [-0.05, 0) is 56.1 Å². The Balaban J connectivity index is 1.83. The monoisotopic (exact) mass is 326 g/mol. The van der Waals surface area contributed by atoms with E-state index in [-0.39, 0.29) is 28.9 Å². The predicted molar refractivity (Wildman–Crippen MR) is 79.5 cm³/mol. The first-order valence-corrected chi connectivity index (χ1v) is 9.16. The summed E-state index contributed by atoms with van der Waals surface area (Å²) < 4.78 is 37.6. The van der Waals surface area contributed by atoms with Gasteiger partial charge in [-0.15, -0.1) is 0 Å². The first kappa shape index (κ1) is 15.4. The Bertz CT molecular complexity index is 684. The van der Waals surface area contributed by atoms with Crippen molar-refractivity contribution in [1.82, 2.24) is 10.6 Å². The molecule has 1 aromatic rings. The molecule has 2 N–H and O–H groups in total. The van der Waals surface area contributed by atoms with Crippen LogP contribution < -0.4 is 10.6 Å². The van der Waals surface area contributed by atoms with E-state index in [2.05, 4.69) is 10.6 Å². The third-order valence-corrected chi connectivity index (χ3v) is 6.20. The van der Waals surface area contributed by atoms with Crippen molar-refractivity contribution < 1.29 is 17.6 Å². The molecule has 0 saturated carbocycles. The number of hydrogen-bond acceptors (Lipinski definition) is 4. The summed E-state index contributed by atoms with van der Waals surface area (Å²) in [7, 11) is -3.38. The summed E-state index contributed by atoms with van der Waals surface area (Å²) >= 11 is 0. The summed E-state index contributed by atoms with van der Waals surface area (Å²) in [6.07, 6.45) is 1.83. The molecule has 0 radical (unpaired) electrons. The first-order chi connectivity index (χ1) is 10.5. The zero-order chi connectivity index (χ0) is 15.7. The second-order valence-corrected chi connectivity index (χ2v) is 7.95. The van der Waals surface area contributed by atoms with Crippen molar-refractivity contribution in [3.05, 3.63) is 29.6 Å². The van der Waals surface area contributed by atoms with E-state index < -0.39 is 21.7 Å². The van der Waals surface area contributed by atoms with Crippen molar-refractivity contribution in [3.8, 4) is 0 Å². The standard InChI is InChI=1S/C15H19FN2O3S/c16-11-1-2-14-12(9-11)13(5-8-22(14,20)21)18-15(19)10-3-6-17-7-4-10/h1-2,9-10,13,17H,3-8H2,(H,18,19). The molecule has 0 bridgehead atoms. The normalized spacial score (nSPS) is 24.5. The van der Waals surface area contributed by atoms with Crippen molar-refractivity contribution in [2.24, 2.45) is 5.92 Å². The maximum atomic E-state index is 13.5. The second kappa shape index (κ2) is 5.96. The Kier molecular flexibility index (Phi) is 4.18. The molecule has 1 amide bonds. The Morgan fingerprint density at radius 1 is 1.23 bits per heavy atom. The molecular formula is C15H19FN2O3S. The summed E-state index contributed by atoms with van der Waals surface area (Å²) in [6, 6.07) is 3.23. The Labute approximate surface area is 129 Å². The van der Waals surface area contributed by atoms with Crippen molar-refractivity contribution >= 4 is 15.7 Å². The highest BCUT2D eigenvalue weighted by Gasteiger charge is 2.33. The largest absolute Gasteiger partial charge is 0.349 e. The number of rotatable bonds is 2. The third-order valence-electron chi connectivity index (χ3n) is 4.38. The number of carbonyl (C=O) groups is 1. The van der Waals surface area contributed by atoms with Crippen LogP contribution in [0.5, 0.6) is 0 Å². The number of sulfone groups is 1. The lowest BCUT2D eigenvalue weighted by molar-refractivity contribution is -0.126. The minimum absolute atomic E-state index is 0.0250. The van der Waals surface area contributed by atoms with Gasteiger partial charge < -0.3 is 10.6 Å². The number of fused-ring (bicyclic) bond motifs is 1. The van der Waals surface area contributed by atoms with Crippen molar-refractivity contribution in [1.29, 1.82) is 0 Å². The van der Waals surface area contributed by atoms with Gasteiger partial charge in [0.15, 0.2) is 9.84 Å². The van der Waals surface area contributed by atoms with Crippen LogP contribution in [0.1, 0.15) is 30.9 Å². The summed E-state index contributed by atoms with van der Waals surface area (Å²) in [4.78, 5) is 12.5. The van der Waals surface area contributed by atoms with Crippen LogP contribution in [0.2, 0.25) is 0 Å².